The van der Waals surface area contributed by atoms with Crippen LogP contribution < -0.4 is 5.73 Å². The van der Waals surface area contributed by atoms with Crippen molar-refractivity contribution < 1.29 is 4.79 Å². The summed E-state index contributed by atoms with van der Waals surface area (Å²) in [7, 11) is 0. The Kier molecular flexibility index (Phi) is 2.82. The van der Waals surface area contributed by atoms with Crippen molar-refractivity contribution >= 4 is 11.6 Å². The number of nitrogens with two attached hydrogens (primary N) is 1. The Morgan fingerprint density at radius 1 is 1.50 bits per heavy atom. The molecule has 0 aromatic heterocycles. The molecule has 0 fully saturated rings. The standard InChI is InChI=1S/C13H14N2O/c1-2-4-13(16)15-8-7-11-10(9-15)5-3-6-12(11)14/h3,5-6H,7-9,14H2,1H3. The highest BCUT2D eigenvalue weighted by atomic mass is 16.2. The molecule has 0 bridgehead atoms. The van der Waals surface area contributed by atoms with Gasteiger partial charge in [-0.05, 0) is 36.5 Å². The summed E-state index contributed by atoms with van der Waals surface area (Å²) >= 11 is 0. The molecule has 0 atom stereocenters. The number of carbonyl (C=O) groups excluding carboxylic acids is 1. The lowest BCUT2D eigenvalue weighted by atomic mass is 9.98. The maximum absolute atomic E-state index is 11.6. The first-order valence-corrected chi connectivity index (χ1v) is 5.30. The lowest BCUT2D eigenvalue weighted by Crippen LogP contribution is -2.35. The van der Waals surface area contributed by atoms with Gasteiger partial charge in [0, 0.05) is 18.8 Å². The fraction of sp³-hybridized carbons (Fsp3) is 0.308. The average Bonchev–Trinajstić information content (AvgIpc) is 2.29. The summed E-state index contributed by atoms with van der Waals surface area (Å²) in [6.45, 7) is 3.00. The third-order valence-corrected chi connectivity index (χ3v) is 2.82. The fourth-order valence-corrected chi connectivity index (χ4v) is 2.00. The van der Waals surface area contributed by atoms with Gasteiger partial charge in [-0.1, -0.05) is 18.1 Å². The van der Waals surface area contributed by atoms with E-state index in [1.807, 2.05) is 18.2 Å². The van der Waals surface area contributed by atoms with E-state index in [9.17, 15) is 4.79 Å². The smallest absolute Gasteiger partial charge is 0.298 e. The molecule has 1 aliphatic heterocycles. The molecule has 3 nitrogen and oxygen atoms in total. The van der Waals surface area contributed by atoms with Crippen LogP contribution in [0.25, 0.3) is 0 Å². The van der Waals surface area contributed by atoms with Crippen molar-refractivity contribution in [3.8, 4) is 11.8 Å². The van der Waals surface area contributed by atoms with Crippen LogP contribution in [0.1, 0.15) is 18.1 Å². The summed E-state index contributed by atoms with van der Waals surface area (Å²) in [6.07, 6.45) is 0.819. The van der Waals surface area contributed by atoms with Crippen molar-refractivity contribution in [2.75, 3.05) is 12.3 Å². The number of carbonyl (C=O) groups is 1. The number of rotatable bonds is 0. The van der Waals surface area contributed by atoms with E-state index in [0.29, 0.717) is 13.1 Å². The average molecular weight is 214 g/mol. The van der Waals surface area contributed by atoms with Gasteiger partial charge in [-0.15, -0.1) is 0 Å². The zero-order valence-corrected chi connectivity index (χ0v) is 9.29. The molecule has 0 unspecified atom stereocenters. The number of anilines is 1. The second-order valence-electron chi connectivity index (χ2n) is 3.84. The molecule has 0 saturated carbocycles. The largest absolute Gasteiger partial charge is 0.398 e. The molecule has 16 heavy (non-hydrogen) atoms. The molecule has 0 saturated heterocycles. The van der Waals surface area contributed by atoms with E-state index in [4.69, 9.17) is 5.73 Å². The van der Waals surface area contributed by atoms with Crippen molar-refractivity contribution in [3.05, 3.63) is 29.3 Å². The zero-order valence-electron chi connectivity index (χ0n) is 9.29. The van der Waals surface area contributed by atoms with Crippen LogP contribution in [0.15, 0.2) is 18.2 Å². The quantitative estimate of drug-likeness (QED) is 0.520. The van der Waals surface area contributed by atoms with E-state index in [-0.39, 0.29) is 5.91 Å². The molecule has 1 aliphatic rings. The van der Waals surface area contributed by atoms with E-state index in [0.717, 1.165) is 17.7 Å². The summed E-state index contributed by atoms with van der Waals surface area (Å²) in [5, 5.41) is 0. The van der Waals surface area contributed by atoms with Crippen molar-refractivity contribution in [1.29, 1.82) is 0 Å². The monoisotopic (exact) mass is 214 g/mol. The minimum Gasteiger partial charge on any atom is -0.398 e. The number of nitrogen functional groups attached to an aromatic ring is 1. The molecular weight excluding hydrogens is 200 g/mol. The maximum Gasteiger partial charge on any atom is 0.298 e. The van der Waals surface area contributed by atoms with E-state index in [2.05, 4.69) is 11.8 Å². The summed E-state index contributed by atoms with van der Waals surface area (Å²) in [5.74, 6) is 5.10. The Labute approximate surface area is 95.2 Å². The molecule has 1 aromatic carbocycles. The van der Waals surface area contributed by atoms with Gasteiger partial charge in [-0.25, -0.2) is 0 Å². The number of hydrogen-bond acceptors (Lipinski definition) is 2. The molecule has 1 heterocycles. The third-order valence-electron chi connectivity index (χ3n) is 2.82. The Morgan fingerprint density at radius 3 is 3.06 bits per heavy atom. The zero-order chi connectivity index (χ0) is 11.5. The Hall–Kier alpha value is -1.95. The normalized spacial score (nSPS) is 13.7. The van der Waals surface area contributed by atoms with E-state index in [1.165, 1.54) is 5.56 Å². The van der Waals surface area contributed by atoms with Gasteiger partial charge in [0.2, 0.25) is 0 Å². The first kappa shape index (κ1) is 10.6. The highest BCUT2D eigenvalue weighted by Gasteiger charge is 2.20. The van der Waals surface area contributed by atoms with Crippen LogP contribution in [-0.4, -0.2) is 17.4 Å². The molecule has 82 valence electrons. The highest BCUT2D eigenvalue weighted by molar-refractivity contribution is 5.93. The summed E-state index contributed by atoms with van der Waals surface area (Å²) in [6, 6.07) is 5.85. The minimum atomic E-state index is -0.101. The molecular formula is C13H14N2O. The fourth-order valence-electron chi connectivity index (χ4n) is 2.00. The van der Waals surface area contributed by atoms with Gasteiger partial charge < -0.3 is 10.6 Å². The molecule has 2 N–H and O–H groups in total. The summed E-state index contributed by atoms with van der Waals surface area (Å²) < 4.78 is 0. The number of nitrogens with zero attached hydrogens (tertiary/aromatic N) is 1. The Bertz CT molecular complexity index is 482. The van der Waals surface area contributed by atoms with E-state index in [1.54, 1.807) is 11.8 Å². The maximum atomic E-state index is 11.6. The van der Waals surface area contributed by atoms with Gasteiger partial charge in [0.25, 0.3) is 5.91 Å². The first-order valence-electron chi connectivity index (χ1n) is 5.30. The van der Waals surface area contributed by atoms with Gasteiger partial charge in [-0.3, -0.25) is 4.79 Å². The Balaban J connectivity index is 2.23. The number of benzene rings is 1. The van der Waals surface area contributed by atoms with E-state index >= 15 is 0 Å². The molecule has 0 spiro atoms. The van der Waals surface area contributed by atoms with Crippen molar-refractivity contribution in [3.63, 3.8) is 0 Å². The van der Waals surface area contributed by atoms with Crippen LogP contribution in [0.5, 0.6) is 0 Å². The molecule has 3 heteroatoms. The van der Waals surface area contributed by atoms with Crippen LogP contribution in [0.4, 0.5) is 5.69 Å². The Morgan fingerprint density at radius 2 is 2.31 bits per heavy atom. The second kappa shape index (κ2) is 4.28. The third kappa shape index (κ3) is 1.87. The van der Waals surface area contributed by atoms with Crippen LogP contribution >= 0.6 is 0 Å². The predicted molar refractivity (Wildman–Crippen MR) is 63.4 cm³/mol. The van der Waals surface area contributed by atoms with Gasteiger partial charge in [0.15, 0.2) is 0 Å². The second-order valence-corrected chi connectivity index (χ2v) is 3.84. The lowest BCUT2D eigenvalue weighted by Gasteiger charge is -2.28. The van der Waals surface area contributed by atoms with Crippen LogP contribution in [0.3, 0.4) is 0 Å². The molecule has 2 rings (SSSR count). The highest BCUT2D eigenvalue weighted by Crippen LogP contribution is 2.23. The lowest BCUT2D eigenvalue weighted by molar-refractivity contribution is -0.125. The van der Waals surface area contributed by atoms with Crippen molar-refractivity contribution in [2.24, 2.45) is 0 Å². The van der Waals surface area contributed by atoms with Crippen LogP contribution in [0.2, 0.25) is 0 Å². The SMILES string of the molecule is CC#CC(=O)N1CCc2c(N)cccc2C1. The molecule has 0 aliphatic carbocycles. The van der Waals surface area contributed by atoms with E-state index < -0.39 is 0 Å². The van der Waals surface area contributed by atoms with Gasteiger partial charge in [-0.2, -0.15) is 0 Å². The number of hydrogen-bond donors (Lipinski definition) is 1. The minimum absolute atomic E-state index is 0.101. The van der Waals surface area contributed by atoms with Crippen LogP contribution in [0, 0.1) is 11.8 Å². The molecule has 1 amide bonds. The topological polar surface area (TPSA) is 46.3 Å². The molecule has 0 radical (unpaired) electrons. The number of fused-ring (bicyclic) bond motifs is 1. The van der Waals surface area contributed by atoms with Crippen molar-refractivity contribution in [1.82, 2.24) is 4.90 Å². The number of amides is 1. The van der Waals surface area contributed by atoms with Gasteiger partial charge in [0.05, 0.1) is 0 Å². The van der Waals surface area contributed by atoms with Crippen molar-refractivity contribution in [2.45, 2.75) is 19.9 Å². The van der Waals surface area contributed by atoms with Gasteiger partial charge >= 0.3 is 0 Å². The van der Waals surface area contributed by atoms with Crippen LogP contribution in [-0.2, 0) is 17.8 Å². The first-order chi connectivity index (χ1) is 7.72. The summed E-state index contributed by atoms with van der Waals surface area (Å²) in [4.78, 5) is 13.4. The molecule has 1 aromatic rings. The predicted octanol–water partition coefficient (Wildman–Crippen LogP) is 1.18. The summed E-state index contributed by atoms with van der Waals surface area (Å²) in [5.41, 5.74) is 9.03. The van der Waals surface area contributed by atoms with Gasteiger partial charge in [0.1, 0.15) is 0 Å².